The molecule has 1 aromatic heterocycles. The maximum atomic E-state index is 8.65. The Bertz CT molecular complexity index is 408. The van der Waals surface area contributed by atoms with Crippen molar-refractivity contribution < 1.29 is 9.57 Å². The quantitative estimate of drug-likeness (QED) is 0.455. The second-order valence-electron chi connectivity index (χ2n) is 5.25. The highest BCUT2D eigenvalue weighted by Crippen LogP contribution is 2.08. The molecule has 0 saturated heterocycles. The van der Waals surface area contributed by atoms with Gasteiger partial charge in [0.1, 0.15) is 6.04 Å². The van der Waals surface area contributed by atoms with Gasteiger partial charge in [0.05, 0.1) is 18.5 Å². The fourth-order valence-electron chi connectivity index (χ4n) is 1.15. The Morgan fingerprint density at radius 1 is 1.56 bits per heavy atom. The molecule has 0 amide bonds. The first-order chi connectivity index (χ1) is 8.42. The number of rotatable bonds is 7. The van der Waals surface area contributed by atoms with Crippen molar-refractivity contribution in [3.05, 3.63) is 18.0 Å². The molecule has 0 aliphatic rings. The first-order valence-electron chi connectivity index (χ1n) is 5.83. The zero-order chi connectivity index (χ0) is 13.6. The van der Waals surface area contributed by atoms with E-state index < -0.39 is 14.1 Å². The van der Waals surface area contributed by atoms with Gasteiger partial charge in [-0.15, -0.1) is 9.94 Å². The van der Waals surface area contributed by atoms with Crippen LogP contribution in [0, 0.1) is 11.3 Å². The molecular weight excluding hydrogens is 248 g/mol. The average molecular weight is 268 g/mol. The predicted octanol–water partition coefficient (Wildman–Crippen LogP) is 1.15. The first kappa shape index (κ1) is 14.7. The van der Waals surface area contributed by atoms with Gasteiger partial charge in [-0.2, -0.15) is 5.26 Å². The van der Waals surface area contributed by atoms with Crippen LogP contribution >= 0.6 is 0 Å². The van der Waals surface area contributed by atoms with Gasteiger partial charge in [0.15, 0.2) is 0 Å². The Labute approximate surface area is 108 Å². The number of hydrogen-bond acceptors (Lipinski definition) is 5. The average Bonchev–Trinajstić information content (AvgIpc) is 2.75. The van der Waals surface area contributed by atoms with Gasteiger partial charge in [0.25, 0.3) is 0 Å². The van der Waals surface area contributed by atoms with Crippen LogP contribution in [0.2, 0.25) is 25.7 Å². The molecule has 0 radical (unpaired) electrons. The number of hydrogen-bond donors (Lipinski definition) is 1. The molecule has 0 aliphatic carbocycles. The molecule has 0 bridgehead atoms. The summed E-state index contributed by atoms with van der Waals surface area (Å²) in [4.78, 5) is 6.49. The smallest absolute Gasteiger partial charge is 0.216 e. The predicted molar refractivity (Wildman–Crippen MR) is 70.3 cm³/mol. The molecule has 0 aliphatic heterocycles. The van der Waals surface area contributed by atoms with E-state index >= 15 is 0 Å². The lowest BCUT2D eigenvalue weighted by Crippen LogP contribution is -2.23. The van der Waals surface area contributed by atoms with Crippen LogP contribution in [0.4, 0.5) is 0 Å². The molecule has 1 heterocycles. The van der Waals surface area contributed by atoms with Crippen LogP contribution in [0.15, 0.2) is 12.4 Å². The Morgan fingerprint density at radius 2 is 2.28 bits per heavy atom. The maximum absolute atomic E-state index is 8.65. The number of aromatic nitrogens is 2. The molecule has 0 saturated carbocycles. The minimum atomic E-state index is -1.06. The van der Waals surface area contributed by atoms with Crippen molar-refractivity contribution in [1.82, 2.24) is 9.94 Å². The second-order valence-corrected chi connectivity index (χ2v) is 10.9. The minimum Gasteiger partial charge on any atom is -0.368 e. The summed E-state index contributed by atoms with van der Waals surface area (Å²) in [5.74, 6) is 0. The summed E-state index contributed by atoms with van der Waals surface area (Å²) in [6.07, 6.45) is 3.09. The van der Waals surface area contributed by atoms with Gasteiger partial charge in [0.2, 0.25) is 6.79 Å². The highest BCUT2D eigenvalue weighted by atomic mass is 28.3. The molecule has 0 unspecified atom stereocenters. The van der Waals surface area contributed by atoms with Crippen molar-refractivity contribution in [2.75, 3.05) is 13.4 Å². The number of ether oxygens (including phenoxy) is 1. The summed E-state index contributed by atoms with van der Waals surface area (Å²) in [5.41, 5.74) is 6.16. The Hall–Kier alpha value is -1.36. The Kier molecular flexibility index (Phi) is 5.34. The summed E-state index contributed by atoms with van der Waals surface area (Å²) in [6, 6.07) is 2.36. The standard InChI is InChI=1S/C11H20N4O2Si/c1-18(2,3)5-4-16-9-17-15-8-10(7-14-15)11(13)6-12/h7-8,11H,4-5,9,13H2,1-3H3/t11-/m0/s1. The van der Waals surface area contributed by atoms with E-state index in [1.54, 1.807) is 6.20 Å². The summed E-state index contributed by atoms with van der Waals surface area (Å²) in [7, 11) is -1.06. The molecule has 100 valence electrons. The van der Waals surface area contributed by atoms with Crippen LogP contribution in [0.5, 0.6) is 0 Å². The third-order valence-corrected chi connectivity index (χ3v) is 4.05. The minimum absolute atomic E-state index is 0.146. The first-order valence-corrected chi connectivity index (χ1v) is 9.54. The van der Waals surface area contributed by atoms with E-state index in [-0.39, 0.29) is 6.79 Å². The lowest BCUT2D eigenvalue weighted by Gasteiger charge is -2.15. The molecule has 2 N–H and O–H groups in total. The fourth-order valence-corrected chi connectivity index (χ4v) is 1.91. The van der Waals surface area contributed by atoms with Crippen molar-refractivity contribution in [3.8, 4) is 6.07 Å². The van der Waals surface area contributed by atoms with Crippen molar-refractivity contribution in [2.24, 2.45) is 5.73 Å². The molecule has 7 heteroatoms. The zero-order valence-corrected chi connectivity index (χ0v) is 12.1. The molecule has 6 nitrogen and oxygen atoms in total. The van der Waals surface area contributed by atoms with E-state index in [9.17, 15) is 0 Å². The van der Waals surface area contributed by atoms with Gasteiger partial charge in [-0.3, -0.25) is 0 Å². The fraction of sp³-hybridized carbons (Fsp3) is 0.636. The van der Waals surface area contributed by atoms with E-state index in [0.29, 0.717) is 12.2 Å². The monoisotopic (exact) mass is 268 g/mol. The molecule has 0 fully saturated rings. The Balaban J connectivity index is 2.24. The summed E-state index contributed by atoms with van der Waals surface area (Å²) < 4.78 is 5.37. The molecule has 1 atom stereocenters. The highest BCUT2D eigenvalue weighted by Gasteiger charge is 2.12. The van der Waals surface area contributed by atoms with Crippen LogP contribution in [-0.2, 0) is 4.74 Å². The highest BCUT2D eigenvalue weighted by molar-refractivity contribution is 6.76. The number of nitriles is 1. The second kappa shape index (κ2) is 6.54. The number of nitrogens with two attached hydrogens (primary N) is 1. The lowest BCUT2D eigenvalue weighted by atomic mass is 10.2. The van der Waals surface area contributed by atoms with Gasteiger partial charge in [-0.25, -0.2) is 0 Å². The van der Waals surface area contributed by atoms with Crippen molar-refractivity contribution >= 4 is 8.07 Å². The van der Waals surface area contributed by atoms with Gasteiger partial charge >= 0.3 is 0 Å². The summed E-state index contributed by atoms with van der Waals surface area (Å²) in [6.45, 7) is 7.72. The van der Waals surface area contributed by atoms with E-state index in [4.69, 9.17) is 20.6 Å². The van der Waals surface area contributed by atoms with Crippen LogP contribution < -0.4 is 10.6 Å². The zero-order valence-electron chi connectivity index (χ0n) is 11.1. The van der Waals surface area contributed by atoms with Gasteiger partial charge in [-0.05, 0) is 6.04 Å². The lowest BCUT2D eigenvalue weighted by molar-refractivity contribution is -0.0675. The molecular formula is C11H20N4O2Si. The van der Waals surface area contributed by atoms with Crippen LogP contribution in [0.3, 0.4) is 0 Å². The third-order valence-electron chi connectivity index (χ3n) is 2.34. The largest absolute Gasteiger partial charge is 0.368 e. The molecule has 0 aromatic carbocycles. The van der Waals surface area contributed by atoms with Crippen molar-refractivity contribution in [1.29, 1.82) is 5.26 Å². The Morgan fingerprint density at radius 3 is 2.89 bits per heavy atom. The van der Waals surface area contributed by atoms with Gasteiger partial charge in [0, 0.05) is 20.2 Å². The number of nitrogens with zero attached hydrogens (tertiary/aromatic N) is 3. The van der Waals surface area contributed by atoms with Crippen molar-refractivity contribution in [2.45, 2.75) is 31.7 Å². The SMILES string of the molecule is C[Si](C)(C)CCOCOn1cc([C@@H](N)C#N)cn1. The van der Waals surface area contributed by atoms with Crippen molar-refractivity contribution in [3.63, 3.8) is 0 Å². The van der Waals surface area contributed by atoms with E-state index in [0.717, 1.165) is 6.04 Å². The molecule has 0 spiro atoms. The van der Waals surface area contributed by atoms with E-state index in [1.165, 1.54) is 11.0 Å². The van der Waals surface area contributed by atoms with E-state index in [1.807, 2.05) is 6.07 Å². The van der Waals surface area contributed by atoms with Crippen LogP contribution in [0.1, 0.15) is 11.6 Å². The summed E-state index contributed by atoms with van der Waals surface area (Å²) >= 11 is 0. The topological polar surface area (TPSA) is 86.1 Å². The molecule has 18 heavy (non-hydrogen) atoms. The molecule has 1 aromatic rings. The van der Waals surface area contributed by atoms with Gasteiger partial charge in [-0.1, -0.05) is 19.6 Å². The third kappa shape index (κ3) is 5.31. The van der Waals surface area contributed by atoms with Gasteiger partial charge < -0.3 is 15.3 Å². The summed E-state index contributed by atoms with van der Waals surface area (Å²) in [5, 5.41) is 12.6. The van der Waals surface area contributed by atoms with Crippen LogP contribution in [-0.4, -0.2) is 31.4 Å². The maximum Gasteiger partial charge on any atom is 0.216 e. The normalized spacial score (nSPS) is 13.1. The van der Waals surface area contributed by atoms with E-state index in [2.05, 4.69) is 24.7 Å². The van der Waals surface area contributed by atoms with Crippen LogP contribution in [0.25, 0.3) is 0 Å². The molecule has 1 rings (SSSR count).